The van der Waals surface area contributed by atoms with E-state index in [1.807, 2.05) is 45.0 Å². The molecule has 3 rings (SSSR count). The van der Waals surface area contributed by atoms with E-state index < -0.39 is 5.91 Å². The van der Waals surface area contributed by atoms with Crippen molar-refractivity contribution >= 4 is 17.7 Å². The molecule has 0 radical (unpaired) electrons. The second kappa shape index (κ2) is 9.47. The van der Waals surface area contributed by atoms with Gasteiger partial charge in [-0.3, -0.25) is 4.79 Å². The number of hydrogen-bond acceptors (Lipinski definition) is 5. The van der Waals surface area contributed by atoms with Crippen LogP contribution in [0.25, 0.3) is 6.08 Å². The highest BCUT2D eigenvalue weighted by Gasteiger charge is 2.14. The van der Waals surface area contributed by atoms with E-state index in [1.54, 1.807) is 36.4 Å². The van der Waals surface area contributed by atoms with E-state index in [9.17, 15) is 10.1 Å². The molecule has 0 saturated carbocycles. The number of ether oxygens (including phenoxy) is 1. The molecule has 1 heterocycles. The van der Waals surface area contributed by atoms with Gasteiger partial charge in [-0.1, -0.05) is 17.7 Å². The molecule has 31 heavy (non-hydrogen) atoms. The van der Waals surface area contributed by atoms with Crippen molar-refractivity contribution in [3.8, 4) is 17.9 Å². The van der Waals surface area contributed by atoms with Crippen LogP contribution in [0, 0.1) is 43.4 Å². The van der Waals surface area contributed by atoms with Gasteiger partial charge in [0.05, 0.1) is 11.6 Å². The molecule has 0 fully saturated rings. The third-order valence-electron chi connectivity index (χ3n) is 4.61. The van der Waals surface area contributed by atoms with Crippen molar-refractivity contribution in [3.05, 3.63) is 87.9 Å². The number of nitriles is 2. The molecule has 1 aromatic heterocycles. The average Bonchev–Trinajstić information content (AvgIpc) is 3.20. The van der Waals surface area contributed by atoms with E-state index in [0.717, 1.165) is 16.7 Å². The van der Waals surface area contributed by atoms with Crippen LogP contribution in [0.4, 0.5) is 5.69 Å². The molecule has 1 N–H and O–H groups in total. The molecule has 6 heteroatoms. The highest BCUT2D eigenvalue weighted by Crippen LogP contribution is 2.23. The van der Waals surface area contributed by atoms with Crippen molar-refractivity contribution in [1.29, 1.82) is 10.5 Å². The third kappa shape index (κ3) is 5.41. The number of nitrogens with one attached hydrogen (secondary N) is 1. The van der Waals surface area contributed by atoms with Crippen molar-refractivity contribution in [2.24, 2.45) is 0 Å². The number of amides is 1. The monoisotopic (exact) mass is 411 g/mol. The summed E-state index contributed by atoms with van der Waals surface area (Å²) in [6, 6.07) is 18.1. The number of furan rings is 1. The molecule has 0 aliphatic carbocycles. The lowest BCUT2D eigenvalue weighted by atomic mass is 10.0. The molecule has 0 bridgehead atoms. The van der Waals surface area contributed by atoms with Crippen LogP contribution in [0.15, 0.2) is 58.5 Å². The lowest BCUT2D eigenvalue weighted by Gasteiger charge is -2.12. The first kappa shape index (κ1) is 21.4. The summed E-state index contributed by atoms with van der Waals surface area (Å²) in [4.78, 5) is 12.6. The van der Waals surface area contributed by atoms with Crippen LogP contribution < -0.4 is 10.1 Å². The molecule has 0 aliphatic rings. The van der Waals surface area contributed by atoms with E-state index >= 15 is 0 Å². The Morgan fingerprint density at radius 2 is 1.74 bits per heavy atom. The van der Waals surface area contributed by atoms with Crippen molar-refractivity contribution in [3.63, 3.8) is 0 Å². The summed E-state index contributed by atoms with van der Waals surface area (Å²) in [5.41, 5.74) is 4.17. The predicted molar refractivity (Wildman–Crippen MR) is 117 cm³/mol. The molecular weight excluding hydrogens is 390 g/mol. The largest absolute Gasteiger partial charge is 0.486 e. The number of carbonyl (C=O) groups is 1. The molecule has 154 valence electrons. The molecule has 1 amide bonds. The summed E-state index contributed by atoms with van der Waals surface area (Å²) >= 11 is 0. The van der Waals surface area contributed by atoms with Crippen molar-refractivity contribution < 1.29 is 13.9 Å². The van der Waals surface area contributed by atoms with Crippen LogP contribution in [0.2, 0.25) is 0 Å². The Hall–Kier alpha value is -4.29. The highest BCUT2D eigenvalue weighted by atomic mass is 16.5. The molecule has 0 unspecified atom stereocenters. The summed E-state index contributed by atoms with van der Waals surface area (Å²) in [6.45, 7) is 6.00. The van der Waals surface area contributed by atoms with E-state index in [0.29, 0.717) is 28.5 Å². The normalized spacial score (nSPS) is 10.8. The van der Waals surface area contributed by atoms with Gasteiger partial charge in [-0.2, -0.15) is 10.5 Å². The Labute approximate surface area is 181 Å². The first-order valence-corrected chi connectivity index (χ1v) is 9.62. The van der Waals surface area contributed by atoms with Crippen molar-refractivity contribution in [1.82, 2.24) is 0 Å². The van der Waals surface area contributed by atoms with Crippen molar-refractivity contribution in [2.75, 3.05) is 5.32 Å². The number of anilines is 1. The molecule has 3 aromatic rings. The maximum absolute atomic E-state index is 12.6. The summed E-state index contributed by atoms with van der Waals surface area (Å²) < 4.78 is 11.3. The SMILES string of the molecule is Cc1cc(C)c(NC(=O)/C(C#N)=C/c2ccc(COc3ccc(C#N)cc3)o2)c(C)c1. The Bertz CT molecular complexity index is 1200. The van der Waals surface area contributed by atoms with E-state index in [1.165, 1.54) is 6.08 Å². The zero-order valence-electron chi connectivity index (χ0n) is 17.5. The first-order chi connectivity index (χ1) is 14.9. The molecule has 0 aliphatic heterocycles. The van der Waals surface area contributed by atoms with Gasteiger partial charge in [0.2, 0.25) is 0 Å². The van der Waals surface area contributed by atoms with Crippen molar-refractivity contribution in [2.45, 2.75) is 27.4 Å². The molecular formula is C25H21N3O3. The predicted octanol–water partition coefficient (Wildman–Crippen LogP) is 5.20. The number of hydrogen-bond donors (Lipinski definition) is 1. The topological polar surface area (TPSA) is 99.0 Å². The fourth-order valence-electron chi connectivity index (χ4n) is 3.18. The highest BCUT2D eigenvalue weighted by molar-refractivity contribution is 6.10. The quantitative estimate of drug-likeness (QED) is 0.444. The van der Waals surface area contributed by atoms with Crippen LogP contribution >= 0.6 is 0 Å². The Morgan fingerprint density at radius 3 is 2.35 bits per heavy atom. The molecule has 0 spiro atoms. The molecule has 6 nitrogen and oxygen atoms in total. The number of rotatable bonds is 6. The third-order valence-corrected chi connectivity index (χ3v) is 4.61. The van der Waals surface area contributed by atoms with Gasteiger partial charge in [0.25, 0.3) is 5.91 Å². The molecule has 2 aromatic carbocycles. The van der Waals surface area contributed by atoms with Gasteiger partial charge in [-0.05, 0) is 68.3 Å². The fourth-order valence-corrected chi connectivity index (χ4v) is 3.18. The van der Waals surface area contributed by atoms with Gasteiger partial charge in [-0.15, -0.1) is 0 Å². The Kier molecular flexibility index (Phi) is 6.54. The number of aryl methyl sites for hydroxylation is 3. The average molecular weight is 411 g/mol. The Balaban J connectivity index is 1.68. The van der Waals surface area contributed by atoms with Gasteiger partial charge in [-0.25, -0.2) is 0 Å². The minimum absolute atomic E-state index is 0.0618. The van der Waals surface area contributed by atoms with E-state index in [2.05, 4.69) is 5.32 Å². The second-order valence-corrected chi connectivity index (χ2v) is 7.13. The van der Waals surface area contributed by atoms with Crippen LogP contribution in [-0.4, -0.2) is 5.91 Å². The molecule has 0 saturated heterocycles. The summed E-state index contributed by atoms with van der Waals surface area (Å²) in [5.74, 6) is 1.03. The zero-order valence-corrected chi connectivity index (χ0v) is 17.5. The summed E-state index contributed by atoms with van der Waals surface area (Å²) in [6.07, 6.45) is 1.40. The first-order valence-electron chi connectivity index (χ1n) is 9.62. The minimum Gasteiger partial charge on any atom is -0.486 e. The summed E-state index contributed by atoms with van der Waals surface area (Å²) in [7, 11) is 0. The Morgan fingerprint density at radius 1 is 1.06 bits per heavy atom. The number of carbonyl (C=O) groups excluding carboxylic acids is 1. The second-order valence-electron chi connectivity index (χ2n) is 7.13. The van der Waals surface area contributed by atoms with E-state index in [4.69, 9.17) is 14.4 Å². The maximum atomic E-state index is 12.6. The number of nitrogens with zero attached hydrogens (tertiary/aromatic N) is 2. The lowest BCUT2D eigenvalue weighted by Crippen LogP contribution is -2.15. The van der Waals surface area contributed by atoms with Gasteiger partial charge >= 0.3 is 0 Å². The zero-order chi connectivity index (χ0) is 22.4. The standard InChI is InChI=1S/C25H21N3O3/c1-16-10-17(2)24(18(3)11-16)28-25(29)20(14-27)12-22-8-9-23(31-22)15-30-21-6-4-19(13-26)5-7-21/h4-12H,15H2,1-3H3,(H,28,29)/b20-12+. The molecule has 0 atom stereocenters. The van der Waals surface area contributed by atoms with Crippen LogP contribution in [0.3, 0.4) is 0 Å². The van der Waals surface area contributed by atoms with Gasteiger partial charge in [0.15, 0.2) is 0 Å². The van der Waals surface area contributed by atoms with Gasteiger partial charge in [0.1, 0.15) is 35.5 Å². The number of benzene rings is 2. The summed E-state index contributed by atoms with van der Waals surface area (Å²) in [5, 5.41) is 21.1. The van der Waals surface area contributed by atoms with Crippen LogP contribution in [0.5, 0.6) is 5.75 Å². The van der Waals surface area contributed by atoms with E-state index in [-0.39, 0.29) is 12.2 Å². The van der Waals surface area contributed by atoms with Crippen LogP contribution in [-0.2, 0) is 11.4 Å². The smallest absolute Gasteiger partial charge is 0.266 e. The van der Waals surface area contributed by atoms with Crippen LogP contribution in [0.1, 0.15) is 33.8 Å². The van der Waals surface area contributed by atoms with Gasteiger partial charge < -0.3 is 14.5 Å². The van der Waals surface area contributed by atoms with Gasteiger partial charge in [0, 0.05) is 11.8 Å². The minimum atomic E-state index is -0.496. The lowest BCUT2D eigenvalue weighted by molar-refractivity contribution is -0.112. The fraction of sp³-hybridized carbons (Fsp3) is 0.160. The maximum Gasteiger partial charge on any atom is 0.266 e.